The Morgan fingerprint density at radius 2 is 1.90 bits per heavy atom. The summed E-state index contributed by atoms with van der Waals surface area (Å²) < 4.78 is 11.1. The summed E-state index contributed by atoms with van der Waals surface area (Å²) in [5, 5.41) is 9.17. The van der Waals surface area contributed by atoms with E-state index in [4.69, 9.17) is 14.6 Å². The van der Waals surface area contributed by atoms with Gasteiger partial charge in [-0.3, -0.25) is 0 Å². The smallest absolute Gasteiger partial charge is 0.339 e. The second-order valence-electron chi connectivity index (χ2n) is 4.31. The van der Waals surface area contributed by atoms with E-state index in [1.165, 1.54) is 0 Å². The van der Waals surface area contributed by atoms with Gasteiger partial charge in [-0.25, -0.2) is 4.79 Å². The summed E-state index contributed by atoms with van der Waals surface area (Å²) in [4.78, 5) is 11.2. The molecule has 2 aromatic rings. The van der Waals surface area contributed by atoms with Gasteiger partial charge >= 0.3 is 5.97 Å². The molecule has 0 aliphatic heterocycles. The topological polar surface area (TPSA) is 55.8 Å². The van der Waals surface area contributed by atoms with Crippen molar-refractivity contribution in [2.45, 2.75) is 13.8 Å². The Bertz CT molecular complexity index is 620. The van der Waals surface area contributed by atoms with Crippen LogP contribution in [-0.2, 0) is 0 Å². The standard InChI is InChI=1S/C16H16O4/c1-3-19-12-5-4-6-13(10-12)20-15-9-11(2)7-8-14(15)16(17)18/h4-10H,3H2,1-2H3,(H,17,18). The Morgan fingerprint density at radius 3 is 2.60 bits per heavy atom. The zero-order chi connectivity index (χ0) is 14.5. The SMILES string of the molecule is CCOc1cccc(Oc2cc(C)ccc2C(=O)O)c1. The molecule has 20 heavy (non-hydrogen) atoms. The predicted molar refractivity (Wildman–Crippen MR) is 75.8 cm³/mol. The van der Waals surface area contributed by atoms with Crippen LogP contribution in [0.2, 0.25) is 0 Å². The Hall–Kier alpha value is -2.49. The van der Waals surface area contributed by atoms with E-state index in [0.29, 0.717) is 23.9 Å². The molecule has 0 radical (unpaired) electrons. The van der Waals surface area contributed by atoms with Crippen molar-refractivity contribution in [1.29, 1.82) is 0 Å². The summed E-state index contributed by atoms with van der Waals surface area (Å²) in [6.07, 6.45) is 0. The lowest BCUT2D eigenvalue weighted by Crippen LogP contribution is -2.00. The third kappa shape index (κ3) is 3.29. The van der Waals surface area contributed by atoms with Crippen LogP contribution >= 0.6 is 0 Å². The Labute approximate surface area is 117 Å². The highest BCUT2D eigenvalue weighted by Gasteiger charge is 2.12. The molecule has 0 saturated carbocycles. The zero-order valence-corrected chi connectivity index (χ0v) is 11.4. The van der Waals surface area contributed by atoms with Crippen LogP contribution < -0.4 is 9.47 Å². The van der Waals surface area contributed by atoms with Crippen LogP contribution in [0, 0.1) is 6.92 Å². The van der Waals surface area contributed by atoms with Gasteiger partial charge < -0.3 is 14.6 Å². The largest absolute Gasteiger partial charge is 0.494 e. The number of aromatic carboxylic acids is 1. The van der Waals surface area contributed by atoms with E-state index < -0.39 is 5.97 Å². The fourth-order valence-electron chi connectivity index (χ4n) is 1.81. The first-order valence-corrected chi connectivity index (χ1v) is 6.35. The molecule has 4 heteroatoms. The highest BCUT2D eigenvalue weighted by Crippen LogP contribution is 2.28. The first-order chi connectivity index (χ1) is 9.60. The second kappa shape index (κ2) is 6.10. The normalized spacial score (nSPS) is 10.1. The molecule has 104 valence electrons. The summed E-state index contributed by atoms with van der Waals surface area (Å²) in [6.45, 7) is 4.35. The van der Waals surface area contributed by atoms with E-state index >= 15 is 0 Å². The number of rotatable bonds is 5. The quantitative estimate of drug-likeness (QED) is 0.897. The average molecular weight is 272 g/mol. The number of hydrogen-bond donors (Lipinski definition) is 1. The molecule has 0 aliphatic carbocycles. The number of ether oxygens (including phenoxy) is 2. The van der Waals surface area contributed by atoms with Crippen LogP contribution in [0.25, 0.3) is 0 Å². The van der Waals surface area contributed by atoms with Gasteiger partial charge in [0.2, 0.25) is 0 Å². The third-order valence-corrected chi connectivity index (χ3v) is 2.71. The van der Waals surface area contributed by atoms with E-state index in [0.717, 1.165) is 5.56 Å². The lowest BCUT2D eigenvalue weighted by atomic mass is 10.1. The molecular weight excluding hydrogens is 256 g/mol. The van der Waals surface area contributed by atoms with Crippen molar-refractivity contribution in [3.8, 4) is 17.2 Å². The molecule has 0 saturated heterocycles. The van der Waals surface area contributed by atoms with Crippen molar-refractivity contribution in [3.05, 3.63) is 53.6 Å². The first kappa shape index (κ1) is 13.9. The zero-order valence-electron chi connectivity index (χ0n) is 11.4. The van der Waals surface area contributed by atoms with Crippen molar-refractivity contribution >= 4 is 5.97 Å². The molecule has 1 N–H and O–H groups in total. The number of carboxylic acids is 1. The Kier molecular flexibility index (Phi) is 4.25. The molecule has 0 aliphatic rings. The summed E-state index contributed by atoms with van der Waals surface area (Å²) in [7, 11) is 0. The number of carboxylic acid groups (broad SMARTS) is 1. The van der Waals surface area contributed by atoms with Gasteiger partial charge in [0.25, 0.3) is 0 Å². The number of carbonyl (C=O) groups is 1. The van der Waals surface area contributed by atoms with Crippen LogP contribution in [0.4, 0.5) is 0 Å². The van der Waals surface area contributed by atoms with Crippen molar-refractivity contribution < 1.29 is 19.4 Å². The average Bonchev–Trinajstić information content (AvgIpc) is 2.39. The minimum absolute atomic E-state index is 0.136. The lowest BCUT2D eigenvalue weighted by Gasteiger charge is -2.11. The Morgan fingerprint density at radius 1 is 1.15 bits per heavy atom. The number of aryl methyl sites for hydroxylation is 1. The molecule has 0 atom stereocenters. The van der Waals surface area contributed by atoms with Gasteiger partial charge in [-0.05, 0) is 43.7 Å². The summed E-state index contributed by atoms with van der Waals surface area (Å²) in [5.41, 5.74) is 1.07. The van der Waals surface area contributed by atoms with E-state index in [2.05, 4.69) is 0 Å². The summed E-state index contributed by atoms with van der Waals surface area (Å²) in [6, 6.07) is 12.1. The second-order valence-corrected chi connectivity index (χ2v) is 4.31. The maximum atomic E-state index is 11.2. The molecular formula is C16H16O4. The number of benzene rings is 2. The monoisotopic (exact) mass is 272 g/mol. The maximum absolute atomic E-state index is 11.2. The summed E-state index contributed by atoms with van der Waals surface area (Å²) >= 11 is 0. The van der Waals surface area contributed by atoms with E-state index in [1.54, 1.807) is 36.4 Å². The molecule has 0 aromatic heterocycles. The fourth-order valence-corrected chi connectivity index (χ4v) is 1.81. The summed E-state index contributed by atoms with van der Waals surface area (Å²) in [5.74, 6) is 0.547. The van der Waals surface area contributed by atoms with Crippen molar-refractivity contribution in [2.75, 3.05) is 6.61 Å². The Balaban J connectivity index is 2.31. The molecule has 2 aromatic carbocycles. The van der Waals surface area contributed by atoms with Crippen molar-refractivity contribution in [3.63, 3.8) is 0 Å². The van der Waals surface area contributed by atoms with Gasteiger partial charge in [0.1, 0.15) is 22.8 Å². The molecule has 2 rings (SSSR count). The number of hydrogen-bond acceptors (Lipinski definition) is 3. The van der Waals surface area contributed by atoms with Gasteiger partial charge in [-0.15, -0.1) is 0 Å². The van der Waals surface area contributed by atoms with Gasteiger partial charge in [0.15, 0.2) is 0 Å². The molecule has 0 fully saturated rings. The molecule has 0 bridgehead atoms. The van der Waals surface area contributed by atoms with E-state index in [1.807, 2.05) is 19.9 Å². The van der Waals surface area contributed by atoms with Crippen molar-refractivity contribution in [1.82, 2.24) is 0 Å². The van der Waals surface area contributed by atoms with Crippen LogP contribution in [-0.4, -0.2) is 17.7 Å². The molecule has 4 nitrogen and oxygen atoms in total. The van der Waals surface area contributed by atoms with Crippen molar-refractivity contribution in [2.24, 2.45) is 0 Å². The van der Waals surface area contributed by atoms with E-state index in [-0.39, 0.29) is 5.56 Å². The predicted octanol–water partition coefficient (Wildman–Crippen LogP) is 3.88. The van der Waals surface area contributed by atoms with Crippen LogP contribution in [0.5, 0.6) is 17.2 Å². The minimum atomic E-state index is -1.01. The van der Waals surface area contributed by atoms with Crippen LogP contribution in [0.15, 0.2) is 42.5 Å². The molecule has 0 amide bonds. The maximum Gasteiger partial charge on any atom is 0.339 e. The van der Waals surface area contributed by atoms with Gasteiger partial charge in [-0.2, -0.15) is 0 Å². The highest BCUT2D eigenvalue weighted by atomic mass is 16.5. The molecule has 0 spiro atoms. The first-order valence-electron chi connectivity index (χ1n) is 6.35. The molecule has 0 unspecified atom stereocenters. The minimum Gasteiger partial charge on any atom is -0.494 e. The van der Waals surface area contributed by atoms with Crippen LogP contribution in [0.3, 0.4) is 0 Å². The lowest BCUT2D eigenvalue weighted by molar-refractivity contribution is 0.0694. The fraction of sp³-hybridized carbons (Fsp3) is 0.188. The van der Waals surface area contributed by atoms with Gasteiger partial charge in [-0.1, -0.05) is 12.1 Å². The van der Waals surface area contributed by atoms with Gasteiger partial charge in [0.05, 0.1) is 6.61 Å². The molecule has 0 heterocycles. The van der Waals surface area contributed by atoms with Crippen LogP contribution in [0.1, 0.15) is 22.8 Å². The van der Waals surface area contributed by atoms with E-state index in [9.17, 15) is 4.79 Å². The highest BCUT2D eigenvalue weighted by molar-refractivity contribution is 5.91. The third-order valence-electron chi connectivity index (χ3n) is 2.71. The van der Waals surface area contributed by atoms with Gasteiger partial charge in [0, 0.05) is 6.07 Å².